The maximum Gasteiger partial charge on any atom is 0.266 e. The van der Waals surface area contributed by atoms with Crippen LogP contribution in [0.1, 0.15) is 18.5 Å². The van der Waals surface area contributed by atoms with Crippen molar-refractivity contribution in [2.24, 2.45) is 0 Å². The standard InChI is InChI=1S/C11H12N2O/c1-9(10-5-3-2-4-6-10)13-11(14)7-8-12-13/h2-9,12H,1H3. The third-order valence-corrected chi connectivity index (χ3v) is 2.35. The summed E-state index contributed by atoms with van der Waals surface area (Å²) < 4.78 is 1.61. The van der Waals surface area contributed by atoms with E-state index in [1.165, 1.54) is 6.07 Å². The maximum atomic E-state index is 11.4. The Labute approximate surface area is 82.0 Å². The van der Waals surface area contributed by atoms with Gasteiger partial charge in [-0.25, -0.2) is 4.68 Å². The second-order valence-electron chi connectivity index (χ2n) is 3.26. The Hall–Kier alpha value is -1.77. The number of aromatic amines is 1. The highest BCUT2D eigenvalue weighted by Gasteiger charge is 2.08. The van der Waals surface area contributed by atoms with Crippen LogP contribution in [0.25, 0.3) is 0 Å². The van der Waals surface area contributed by atoms with Crippen LogP contribution < -0.4 is 5.56 Å². The second kappa shape index (κ2) is 3.54. The molecule has 1 aromatic carbocycles. The summed E-state index contributed by atoms with van der Waals surface area (Å²) in [6.45, 7) is 1.99. The summed E-state index contributed by atoms with van der Waals surface area (Å²) >= 11 is 0. The highest BCUT2D eigenvalue weighted by Crippen LogP contribution is 2.13. The molecule has 1 heterocycles. The molecule has 14 heavy (non-hydrogen) atoms. The molecule has 0 aliphatic rings. The van der Waals surface area contributed by atoms with Crippen LogP contribution in [-0.4, -0.2) is 9.78 Å². The predicted molar refractivity (Wildman–Crippen MR) is 55.3 cm³/mol. The number of benzene rings is 1. The van der Waals surface area contributed by atoms with Crippen LogP contribution in [0.5, 0.6) is 0 Å². The van der Waals surface area contributed by atoms with E-state index < -0.39 is 0 Å². The number of aromatic nitrogens is 2. The van der Waals surface area contributed by atoms with Crippen LogP contribution in [0.2, 0.25) is 0 Å². The molecule has 0 amide bonds. The molecular formula is C11H12N2O. The molecule has 0 aliphatic heterocycles. The molecule has 1 atom stereocenters. The van der Waals surface area contributed by atoms with Crippen molar-refractivity contribution in [3.05, 3.63) is 58.5 Å². The number of hydrogen-bond donors (Lipinski definition) is 1. The average Bonchev–Trinajstić information content (AvgIpc) is 2.65. The molecule has 0 radical (unpaired) electrons. The number of rotatable bonds is 2. The van der Waals surface area contributed by atoms with E-state index >= 15 is 0 Å². The minimum absolute atomic E-state index is 0.00125. The van der Waals surface area contributed by atoms with E-state index in [2.05, 4.69) is 5.10 Å². The van der Waals surface area contributed by atoms with E-state index in [1.807, 2.05) is 37.3 Å². The molecule has 72 valence electrons. The fraction of sp³-hybridized carbons (Fsp3) is 0.182. The highest BCUT2D eigenvalue weighted by molar-refractivity contribution is 5.18. The molecule has 0 saturated heterocycles. The summed E-state index contributed by atoms with van der Waals surface area (Å²) in [5.41, 5.74) is 1.12. The third kappa shape index (κ3) is 1.48. The number of nitrogens with zero attached hydrogens (tertiary/aromatic N) is 1. The lowest BCUT2D eigenvalue weighted by Crippen LogP contribution is -2.20. The van der Waals surface area contributed by atoms with E-state index in [0.717, 1.165) is 5.56 Å². The lowest BCUT2D eigenvalue weighted by molar-refractivity contribution is 0.548. The summed E-state index contributed by atoms with van der Waals surface area (Å²) in [6, 6.07) is 11.5. The van der Waals surface area contributed by atoms with Crippen LogP contribution in [0.15, 0.2) is 47.4 Å². The van der Waals surface area contributed by atoms with Gasteiger partial charge in [0.05, 0.1) is 6.04 Å². The molecule has 0 fully saturated rings. The van der Waals surface area contributed by atoms with Gasteiger partial charge in [0.2, 0.25) is 0 Å². The first-order valence-corrected chi connectivity index (χ1v) is 4.60. The molecular weight excluding hydrogens is 176 g/mol. The SMILES string of the molecule is CC(c1ccccc1)n1[nH]ccc1=O. The molecule has 1 N–H and O–H groups in total. The van der Waals surface area contributed by atoms with E-state index in [9.17, 15) is 4.79 Å². The fourth-order valence-electron chi connectivity index (χ4n) is 1.52. The zero-order chi connectivity index (χ0) is 9.97. The van der Waals surface area contributed by atoms with Gasteiger partial charge in [0.15, 0.2) is 0 Å². The third-order valence-electron chi connectivity index (χ3n) is 2.35. The Balaban J connectivity index is 2.39. The van der Waals surface area contributed by atoms with Crippen LogP contribution in [0.3, 0.4) is 0 Å². The number of nitrogens with one attached hydrogen (secondary N) is 1. The highest BCUT2D eigenvalue weighted by atomic mass is 16.1. The van der Waals surface area contributed by atoms with Gasteiger partial charge in [-0.3, -0.25) is 4.79 Å². The first-order chi connectivity index (χ1) is 6.79. The minimum Gasteiger partial charge on any atom is -0.302 e. The zero-order valence-electron chi connectivity index (χ0n) is 7.97. The van der Waals surface area contributed by atoms with Crippen molar-refractivity contribution in [2.45, 2.75) is 13.0 Å². The molecule has 1 unspecified atom stereocenters. The number of H-pyrrole nitrogens is 1. The number of hydrogen-bond acceptors (Lipinski definition) is 1. The molecule has 3 nitrogen and oxygen atoms in total. The molecule has 0 bridgehead atoms. The van der Waals surface area contributed by atoms with Gasteiger partial charge < -0.3 is 5.10 Å². The fourth-order valence-corrected chi connectivity index (χ4v) is 1.52. The summed E-state index contributed by atoms with van der Waals surface area (Å²) in [4.78, 5) is 11.4. The summed E-state index contributed by atoms with van der Waals surface area (Å²) in [7, 11) is 0. The average molecular weight is 188 g/mol. The van der Waals surface area contributed by atoms with Crippen LogP contribution >= 0.6 is 0 Å². The van der Waals surface area contributed by atoms with E-state index in [4.69, 9.17) is 0 Å². The molecule has 0 saturated carbocycles. The van der Waals surface area contributed by atoms with Crippen molar-refractivity contribution in [1.82, 2.24) is 9.78 Å². The molecule has 0 spiro atoms. The quantitative estimate of drug-likeness (QED) is 0.766. The van der Waals surface area contributed by atoms with Crippen molar-refractivity contribution in [3.63, 3.8) is 0 Å². The van der Waals surface area contributed by atoms with Gasteiger partial charge in [0.25, 0.3) is 5.56 Å². The van der Waals surface area contributed by atoms with Gasteiger partial charge in [0.1, 0.15) is 0 Å². The summed E-state index contributed by atoms with van der Waals surface area (Å²) in [6.07, 6.45) is 1.65. The van der Waals surface area contributed by atoms with Gasteiger partial charge in [-0.1, -0.05) is 30.3 Å². The van der Waals surface area contributed by atoms with Gasteiger partial charge >= 0.3 is 0 Å². The van der Waals surface area contributed by atoms with Gasteiger partial charge in [0, 0.05) is 12.3 Å². The maximum absolute atomic E-state index is 11.4. The Morgan fingerprint density at radius 1 is 1.21 bits per heavy atom. The largest absolute Gasteiger partial charge is 0.302 e. The van der Waals surface area contributed by atoms with Crippen molar-refractivity contribution in [3.8, 4) is 0 Å². The van der Waals surface area contributed by atoms with Gasteiger partial charge in [-0.2, -0.15) is 0 Å². The lowest BCUT2D eigenvalue weighted by atomic mass is 10.1. The van der Waals surface area contributed by atoms with Gasteiger partial charge in [-0.05, 0) is 12.5 Å². The van der Waals surface area contributed by atoms with E-state index in [-0.39, 0.29) is 11.6 Å². The van der Waals surface area contributed by atoms with Crippen molar-refractivity contribution in [2.75, 3.05) is 0 Å². The Bertz CT molecular complexity index is 455. The van der Waals surface area contributed by atoms with Crippen LogP contribution in [0, 0.1) is 0 Å². The molecule has 1 aromatic heterocycles. The topological polar surface area (TPSA) is 37.8 Å². The molecule has 0 aliphatic carbocycles. The van der Waals surface area contributed by atoms with Crippen molar-refractivity contribution in [1.29, 1.82) is 0 Å². The monoisotopic (exact) mass is 188 g/mol. The minimum atomic E-state index is 0.00125. The van der Waals surface area contributed by atoms with E-state index in [1.54, 1.807) is 10.9 Å². The Morgan fingerprint density at radius 2 is 1.93 bits per heavy atom. The van der Waals surface area contributed by atoms with Crippen LogP contribution in [0.4, 0.5) is 0 Å². The first kappa shape index (κ1) is 8.81. The van der Waals surface area contributed by atoms with Crippen molar-refractivity contribution < 1.29 is 0 Å². The molecule has 2 rings (SSSR count). The normalized spacial score (nSPS) is 12.6. The first-order valence-electron chi connectivity index (χ1n) is 4.60. The van der Waals surface area contributed by atoms with Crippen LogP contribution in [-0.2, 0) is 0 Å². The Kier molecular flexibility index (Phi) is 2.23. The summed E-state index contributed by atoms with van der Waals surface area (Å²) in [5.74, 6) is 0. The molecule has 3 heteroatoms. The smallest absolute Gasteiger partial charge is 0.266 e. The second-order valence-corrected chi connectivity index (χ2v) is 3.26. The molecule has 2 aromatic rings. The van der Waals surface area contributed by atoms with E-state index in [0.29, 0.717) is 0 Å². The summed E-state index contributed by atoms with van der Waals surface area (Å²) in [5, 5.41) is 2.91. The van der Waals surface area contributed by atoms with Gasteiger partial charge in [-0.15, -0.1) is 0 Å². The Morgan fingerprint density at radius 3 is 2.50 bits per heavy atom. The zero-order valence-corrected chi connectivity index (χ0v) is 7.97. The lowest BCUT2D eigenvalue weighted by Gasteiger charge is -2.12. The van der Waals surface area contributed by atoms with Crippen molar-refractivity contribution >= 4 is 0 Å². The predicted octanol–water partition coefficient (Wildman–Crippen LogP) is 1.79.